The second-order valence-electron chi connectivity index (χ2n) is 6.12. The first-order valence-electron chi connectivity index (χ1n) is 7.38. The number of aromatic nitrogens is 2. The summed E-state index contributed by atoms with van der Waals surface area (Å²) in [5.41, 5.74) is 0.923. The zero-order valence-corrected chi connectivity index (χ0v) is 11.5. The van der Waals surface area contributed by atoms with Gasteiger partial charge in [0, 0.05) is 11.5 Å². The fourth-order valence-corrected chi connectivity index (χ4v) is 3.84. The van der Waals surface area contributed by atoms with Crippen molar-refractivity contribution in [3.63, 3.8) is 0 Å². The van der Waals surface area contributed by atoms with Crippen LogP contribution in [-0.4, -0.2) is 21.2 Å². The lowest BCUT2D eigenvalue weighted by atomic mass is 9.89. The lowest BCUT2D eigenvalue weighted by Gasteiger charge is -2.16. The lowest BCUT2D eigenvalue weighted by molar-refractivity contribution is 0.0697. The highest BCUT2D eigenvalue weighted by molar-refractivity contribution is 5.89. The van der Waals surface area contributed by atoms with Gasteiger partial charge >= 0.3 is 5.97 Å². The number of rotatable bonds is 3. The molecule has 2 aliphatic rings. The van der Waals surface area contributed by atoms with Gasteiger partial charge in [-0.3, -0.25) is 0 Å². The maximum Gasteiger partial charge on any atom is 0.335 e. The number of hydrogen-bond acceptors (Lipinski definition) is 4. The predicted octanol–water partition coefficient (Wildman–Crippen LogP) is 3.34. The second kappa shape index (κ2) is 4.69. The molecule has 4 rings (SSSR count). The van der Waals surface area contributed by atoms with Crippen molar-refractivity contribution in [1.29, 1.82) is 0 Å². The number of carboxylic acid groups (broad SMARTS) is 1. The van der Waals surface area contributed by atoms with Gasteiger partial charge < -0.3 is 9.63 Å². The van der Waals surface area contributed by atoms with E-state index in [4.69, 9.17) is 9.63 Å². The Morgan fingerprint density at radius 3 is 2.90 bits per heavy atom. The standard InChI is InChI=1S/C16H16N2O3/c19-16(20)12-3-1-2-11(8-12)14-17-15(21-18-14)13-7-9-4-5-10(13)6-9/h1-3,8-10,13H,4-7H2,(H,19,20). The Labute approximate surface area is 122 Å². The first-order chi connectivity index (χ1) is 10.2. The molecule has 0 amide bonds. The van der Waals surface area contributed by atoms with E-state index in [-0.39, 0.29) is 5.56 Å². The summed E-state index contributed by atoms with van der Waals surface area (Å²) in [7, 11) is 0. The fraction of sp³-hybridized carbons (Fsp3) is 0.438. The molecule has 2 saturated carbocycles. The van der Waals surface area contributed by atoms with Gasteiger partial charge in [-0.25, -0.2) is 4.79 Å². The molecule has 0 spiro atoms. The van der Waals surface area contributed by atoms with Gasteiger partial charge in [-0.2, -0.15) is 4.98 Å². The van der Waals surface area contributed by atoms with Crippen LogP contribution in [0, 0.1) is 11.8 Å². The van der Waals surface area contributed by atoms with Gasteiger partial charge in [0.15, 0.2) is 0 Å². The van der Waals surface area contributed by atoms with Gasteiger partial charge in [0.1, 0.15) is 0 Å². The van der Waals surface area contributed by atoms with Crippen molar-refractivity contribution in [2.75, 3.05) is 0 Å². The molecule has 3 unspecified atom stereocenters. The monoisotopic (exact) mass is 284 g/mol. The Morgan fingerprint density at radius 2 is 2.19 bits per heavy atom. The summed E-state index contributed by atoms with van der Waals surface area (Å²) >= 11 is 0. The van der Waals surface area contributed by atoms with Crippen LogP contribution < -0.4 is 0 Å². The number of benzene rings is 1. The minimum Gasteiger partial charge on any atom is -0.478 e. The number of carbonyl (C=O) groups is 1. The molecule has 2 fully saturated rings. The zero-order valence-electron chi connectivity index (χ0n) is 11.5. The number of carboxylic acids is 1. The molecule has 1 aromatic heterocycles. The molecular formula is C16H16N2O3. The van der Waals surface area contributed by atoms with Crippen LogP contribution in [0.2, 0.25) is 0 Å². The Balaban J connectivity index is 1.62. The van der Waals surface area contributed by atoms with Crippen LogP contribution in [0.15, 0.2) is 28.8 Å². The van der Waals surface area contributed by atoms with Gasteiger partial charge in [0.25, 0.3) is 0 Å². The summed E-state index contributed by atoms with van der Waals surface area (Å²) in [6.45, 7) is 0. The Bertz CT molecular complexity index is 694. The van der Waals surface area contributed by atoms with Crippen LogP contribution in [0.25, 0.3) is 11.4 Å². The first-order valence-corrected chi connectivity index (χ1v) is 7.38. The lowest BCUT2D eigenvalue weighted by Crippen LogP contribution is -2.08. The van der Waals surface area contributed by atoms with E-state index in [9.17, 15) is 4.79 Å². The van der Waals surface area contributed by atoms with Gasteiger partial charge in [-0.1, -0.05) is 23.7 Å². The molecule has 108 valence electrons. The third kappa shape index (κ3) is 2.13. The largest absolute Gasteiger partial charge is 0.478 e. The average Bonchev–Trinajstić information content (AvgIpc) is 3.23. The van der Waals surface area contributed by atoms with Crippen molar-refractivity contribution >= 4 is 5.97 Å². The number of hydrogen-bond donors (Lipinski definition) is 1. The van der Waals surface area contributed by atoms with E-state index in [0.29, 0.717) is 23.2 Å². The Morgan fingerprint density at radius 1 is 1.29 bits per heavy atom. The average molecular weight is 284 g/mol. The summed E-state index contributed by atoms with van der Waals surface area (Å²) in [6, 6.07) is 6.65. The van der Waals surface area contributed by atoms with E-state index in [1.54, 1.807) is 18.2 Å². The van der Waals surface area contributed by atoms with E-state index in [1.165, 1.54) is 19.3 Å². The summed E-state index contributed by atoms with van der Waals surface area (Å²) in [4.78, 5) is 15.5. The van der Waals surface area contributed by atoms with E-state index in [1.807, 2.05) is 6.07 Å². The van der Waals surface area contributed by atoms with Crippen LogP contribution in [0.4, 0.5) is 0 Å². The third-order valence-corrected chi connectivity index (χ3v) is 4.86. The van der Waals surface area contributed by atoms with E-state index in [0.717, 1.165) is 18.2 Å². The molecule has 0 saturated heterocycles. The smallest absolute Gasteiger partial charge is 0.335 e. The highest BCUT2D eigenvalue weighted by atomic mass is 16.5. The summed E-state index contributed by atoms with van der Waals surface area (Å²) < 4.78 is 5.45. The molecule has 1 aromatic carbocycles. The number of fused-ring (bicyclic) bond motifs is 2. The number of aromatic carboxylic acids is 1. The van der Waals surface area contributed by atoms with Crippen LogP contribution >= 0.6 is 0 Å². The molecule has 2 aromatic rings. The van der Waals surface area contributed by atoms with Gasteiger partial charge in [-0.05, 0) is 43.2 Å². The van der Waals surface area contributed by atoms with Gasteiger partial charge in [-0.15, -0.1) is 0 Å². The van der Waals surface area contributed by atoms with Crippen molar-refractivity contribution in [2.45, 2.75) is 31.6 Å². The predicted molar refractivity (Wildman–Crippen MR) is 74.9 cm³/mol. The minimum absolute atomic E-state index is 0.235. The molecule has 5 nitrogen and oxygen atoms in total. The third-order valence-electron chi connectivity index (χ3n) is 4.86. The van der Waals surface area contributed by atoms with E-state index < -0.39 is 5.97 Å². The first kappa shape index (κ1) is 12.6. The maximum atomic E-state index is 11.0. The summed E-state index contributed by atoms with van der Waals surface area (Å²) in [6.07, 6.45) is 5.04. The quantitative estimate of drug-likeness (QED) is 0.935. The number of nitrogens with zero attached hydrogens (tertiary/aromatic N) is 2. The Hall–Kier alpha value is -2.17. The van der Waals surface area contributed by atoms with Crippen molar-refractivity contribution in [2.24, 2.45) is 11.8 Å². The molecule has 1 N–H and O–H groups in total. The SMILES string of the molecule is O=C(O)c1cccc(-c2noc(C3CC4CCC3C4)n2)c1. The van der Waals surface area contributed by atoms with Crippen molar-refractivity contribution < 1.29 is 14.4 Å². The topological polar surface area (TPSA) is 76.2 Å². The summed E-state index contributed by atoms with van der Waals surface area (Å²) in [5, 5.41) is 13.1. The van der Waals surface area contributed by atoms with Crippen LogP contribution in [0.5, 0.6) is 0 Å². The van der Waals surface area contributed by atoms with Crippen molar-refractivity contribution in [3.8, 4) is 11.4 Å². The molecule has 0 aliphatic heterocycles. The van der Waals surface area contributed by atoms with Crippen LogP contribution in [-0.2, 0) is 0 Å². The van der Waals surface area contributed by atoms with Crippen LogP contribution in [0.1, 0.15) is 47.8 Å². The maximum absolute atomic E-state index is 11.0. The molecule has 3 atom stereocenters. The molecule has 1 heterocycles. The molecule has 2 aliphatic carbocycles. The highest BCUT2D eigenvalue weighted by Crippen LogP contribution is 2.52. The van der Waals surface area contributed by atoms with Crippen molar-refractivity contribution in [3.05, 3.63) is 35.7 Å². The van der Waals surface area contributed by atoms with Gasteiger partial charge in [0.2, 0.25) is 11.7 Å². The molecule has 21 heavy (non-hydrogen) atoms. The van der Waals surface area contributed by atoms with Gasteiger partial charge in [0.05, 0.1) is 5.56 Å². The zero-order chi connectivity index (χ0) is 14.4. The summed E-state index contributed by atoms with van der Waals surface area (Å²) in [5.74, 6) is 2.16. The normalized spacial score (nSPS) is 27.1. The van der Waals surface area contributed by atoms with E-state index >= 15 is 0 Å². The fourth-order valence-electron chi connectivity index (χ4n) is 3.84. The van der Waals surface area contributed by atoms with Crippen LogP contribution in [0.3, 0.4) is 0 Å². The second-order valence-corrected chi connectivity index (χ2v) is 6.12. The van der Waals surface area contributed by atoms with Crippen molar-refractivity contribution in [1.82, 2.24) is 10.1 Å². The van der Waals surface area contributed by atoms with E-state index in [2.05, 4.69) is 10.1 Å². The molecule has 2 bridgehead atoms. The molecule has 0 radical (unpaired) electrons. The minimum atomic E-state index is -0.950. The highest BCUT2D eigenvalue weighted by Gasteiger charge is 2.42. The Kier molecular flexibility index (Phi) is 2.80. The molecular weight excluding hydrogens is 268 g/mol. The molecule has 5 heteroatoms.